The lowest BCUT2D eigenvalue weighted by Crippen LogP contribution is -2.46. The maximum Gasteiger partial charge on any atom is 0.270 e. The van der Waals surface area contributed by atoms with E-state index in [1.807, 2.05) is 0 Å². The quantitative estimate of drug-likeness (QED) is 0.563. The van der Waals surface area contributed by atoms with E-state index >= 15 is 0 Å². The monoisotopic (exact) mass is 265 g/mol. The van der Waals surface area contributed by atoms with Gasteiger partial charge in [0.25, 0.3) is 11.6 Å². The van der Waals surface area contributed by atoms with Crippen molar-refractivity contribution in [3.05, 3.63) is 34.4 Å². The first kappa shape index (κ1) is 13.3. The number of hydrogen-bond donors (Lipinski definition) is 3. The molecule has 1 amide bonds. The number of nitrogens with one attached hydrogen (secondary N) is 2. The molecule has 3 N–H and O–H groups in total. The van der Waals surface area contributed by atoms with Gasteiger partial charge in [0.05, 0.1) is 10.6 Å². The zero-order valence-corrected chi connectivity index (χ0v) is 10.3. The molecule has 7 nitrogen and oxygen atoms in total. The fourth-order valence-electron chi connectivity index (χ4n) is 2.10. The molecule has 0 bridgehead atoms. The van der Waals surface area contributed by atoms with Crippen LogP contribution in [0.2, 0.25) is 0 Å². The molecule has 2 rings (SSSR count). The number of non-ortho nitro benzene ring substituents is 1. The summed E-state index contributed by atoms with van der Waals surface area (Å²) in [4.78, 5) is 21.8. The number of hydrogen-bond acceptors (Lipinski definition) is 5. The SMILES string of the molecule is O=C(NNc1ccc([N+](=O)[O-])cc1)C1(O)CCCC1. The van der Waals surface area contributed by atoms with Gasteiger partial charge in [0.2, 0.25) is 0 Å². The average Bonchev–Trinajstić information content (AvgIpc) is 2.84. The van der Waals surface area contributed by atoms with E-state index in [-0.39, 0.29) is 5.69 Å². The number of hydrazine groups is 1. The van der Waals surface area contributed by atoms with Crippen molar-refractivity contribution in [2.75, 3.05) is 5.43 Å². The minimum atomic E-state index is -1.30. The fraction of sp³-hybridized carbons (Fsp3) is 0.417. The minimum absolute atomic E-state index is 0.0219. The number of aliphatic hydroxyl groups is 1. The molecule has 19 heavy (non-hydrogen) atoms. The topological polar surface area (TPSA) is 104 Å². The lowest BCUT2D eigenvalue weighted by molar-refractivity contribution is -0.384. The summed E-state index contributed by atoms with van der Waals surface area (Å²) in [6.45, 7) is 0. The Labute approximate surface area is 109 Å². The van der Waals surface area contributed by atoms with Crippen molar-refractivity contribution in [2.45, 2.75) is 31.3 Å². The standard InChI is InChI=1S/C12H15N3O4/c16-11(12(17)7-1-2-8-12)14-13-9-3-5-10(6-4-9)15(18)19/h3-6,13,17H,1-2,7-8H2,(H,14,16). The molecule has 0 unspecified atom stereocenters. The number of nitro groups is 1. The summed E-state index contributed by atoms with van der Waals surface area (Å²) >= 11 is 0. The largest absolute Gasteiger partial charge is 0.380 e. The van der Waals surface area contributed by atoms with E-state index in [2.05, 4.69) is 10.9 Å². The first-order valence-electron chi connectivity index (χ1n) is 6.04. The van der Waals surface area contributed by atoms with Gasteiger partial charge in [-0.05, 0) is 37.8 Å². The van der Waals surface area contributed by atoms with Crippen molar-refractivity contribution >= 4 is 17.3 Å². The number of nitrogens with zero attached hydrogens (tertiary/aromatic N) is 1. The van der Waals surface area contributed by atoms with Crippen molar-refractivity contribution in [2.24, 2.45) is 0 Å². The van der Waals surface area contributed by atoms with E-state index < -0.39 is 16.4 Å². The second-order valence-electron chi connectivity index (χ2n) is 4.62. The molecule has 1 fully saturated rings. The predicted octanol–water partition coefficient (Wildman–Crippen LogP) is 1.34. The Bertz CT molecular complexity index is 480. The number of rotatable bonds is 4. The second-order valence-corrected chi connectivity index (χ2v) is 4.62. The molecule has 0 aliphatic heterocycles. The minimum Gasteiger partial charge on any atom is -0.380 e. The van der Waals surface area contributed by atoms with Gasteiger partial charge in [-0.2, -0.15) is 0 Å². The van der Waals surface area contributed by atoms with Crippen molar-refractivity contribution < 1.29 is 14.8 Å². The van der Waals surface area contributed by atoms with Crippen LogP contribution < -0.4 is 10.9 Å². The Balaban J connectivity index is 1.91. The van der Waals surface area contributed by atoms with Crippen LogP contribution in [0.4, 0.5) is 11.4 Å². The third-order valence-electron chi connectivity index (χ3n) is 3.25. The summed E-state index contributed by atoms with van der Waals surface area (Å²) in [5.74, 6) is -0.469. The zero-order valence-electron chi connectivity index (χ0n) is 10.3. The molecule has 1 saturated carbocycles. The Kier molecular flexibility index (Phi) is 3.66. The highest BCUT2D eigenvalue weighted by Crippen LogP contribution is 2.29. The van der Waals surface area contributed by atoms with Gasteiger partial charge in [0, 0.05) is 12.1 Å². The normalized spacial score (nSPS) is 16.9. The van der Waals surface area contributed by atoms with E-state index in [0.29, 0.717) is 18.5 Å². The molecule has 102 valence electrons. The first-order chi connectivity index (χ1) is 9.01. The highest BCUT2D eigenvalue weighted by atomic mass is 16.6. The molecule has 0 spiro atoms. The van der Waals surface area contributed by atoms with Crippen LogP contribution >= 0.6 is 0 Å². The molecule has 0 saturated heterocycles. The molecule has 7 heteroatoms. The van der Waals surface area contributed by atoms with Crippen LogP contribution in [-0.4, -0.2) is 21.5 Å². The molecule has 1 aromatic carbocycles. The highest BCUT2D eigenvalue weighted by molar-refractivity contribution is 5.86. The average molecular weight is 265 g/mol. The zero-order chi connectivity index (χ0) is 13.9. The number of benzene rings is 1. The summed E-state index contributed by atoms with van der Waals surface area (Å²) in [5.41, 5.74) is 4.25. The number of amides is 1. The molecule has 0 aromatic heterocycles. The summed E-state index contributed by atoms with van der Waals surface area (Å²) in [6, 6.07) is 5.63. The van der Waals surface area contributed by atoms with Crippen LogP contribution in [0.1, 0.15) is 25.7 Å². The van der Waals surface area contributed by atoms with Gasteiger partial charge in [-0.3, -0.25) is 25.8 Å². The van der Waals surface area contributed by atoms with Crippen LogP contribution in [0.5, 0.6) is 0 Å². The molecule has 1 aliphatic carbocycles. The second kappa shape index (κ2) is 5.23. The summed E-state index contributed by atoms with van der Waals surface area (Å²) in [5, 5.41) is 20.5. The van der Waals surface area contributed by atoms with Crippen molar-refractivity contribution in [3.63, 3.8) is 0 Å². The van der Waals surface area contributed by atoms with E-state index in [1.54, 1.807) is 0 Å². The molecular formula is C12H15N3O4. The molecule has 1 aliphatic rings. The number of nitro benzene ring substituents is 1. The third kappa shape index (κ3) is 3.00. The maximum absolute atomic E-state index is 11.8. The van der Waals surface area contributed by atoms with Crippen molar-refractivity contribution in [1.29, 1.82) is 0 Å². The van der Waals surface area contributed by atoms with Gasteiger partial charge in [-0.25, -0.2) is 0 Å². The van der Waals surface area contributed by atoms with E-state index in [4.69, 9.17) is 0 Å². The number of carbonyl (C=O) groups is 1. The van der Waals surface area contributed by atoms with Gasteiger partial charge in [-0.15, -0.1) is 0 Å². The maximum atomic E-state index is 11.8. The van der Waals surface area contributed by atoms with Gasteiger partial charge >= 0.3 is 0 Å². The van der Waals surface area contributed by atoms with Gasteiger partial charge in [-0.1, -0.05) is 0 Å². The predicted molar refractivity (Wildman–Crippen MR) is 68.3 cm³/mol. The van der Waals surface area contributed by atoms with Crippen LogP contribution in [0, 0.1) is 10.1 Å². The van der Waals surface area contributed by atoms with Crippen LogP contribution in [0.25, 0.3) is 0 Å². The molecular weight excluding hydrogens is 250 g/mol. The van der Waals surface area contributed by atoms with E-state index in [9.17, 15) is 20.0 Å². The Morgan fingerprint density at radius 2 is 1.84 bits per heavy atom. The van der Waals surface area contributed by atoms with Gasteiger partial charge in [0.1, 0.15) is 5.60 Å². The van der Waals surface area contributed by atoms with E-state index in [1.165, 1.54) is 24.3 Å². The summed E-state index contributed by atoms with van der Waals surface area (Å²) < 4.78 is 0. The van der Waals surface area contributed by atoms with E-state index in [0.717, 1.165) is 12.8 Å². The van der Waals surface area contributed by atoms with Gasteiger partial charge in [0.15, 0.2) is 0 Å². The Morgan fingerprint density at radius 3 is 2.37 bits per heavy atom. The summed E-state index contributed by atoms with van der Waals surface area (Å²) in [7, 11) is 0. The summed E-state index contributed by atoms with van der Waals surface area (Å²) in [6.07, 6.45) is 2.59. The van der Waals surface area contributed by atoms with Crippen molar-refractivity contribution in [1.82, 2.24) is 5.43 Å². The third-order valence-corrected chi connectivity index (χ3v) is 3.25. The fourth-order valence-corrected chi connectivity index (χ4v) is 2.10. The Hall–Kier alpha value is -2.15. The smallest absolute Gasteiger partial charge is 0.270 e. The highest BCUT2D eigenvalue weighted by Gasteiger charge is 2.38. The molecule has 0 heterocycles. The molecule has 1 aromatic rings. The Morgan fingerprint density at radius 1 is 1.26 bits per heavy atom. The van der Waals surface area contributed by atoms with Crippen LogP contribution in [0.15, 0.2) is 24.3 Å². The molecule has 0 radical (unpaired) electrons. The number of anilines is 1. The van der Waals surface area contributed by atoms with Crippen LogP contribution in [-0.2, 0) is 4.79 Å². The van der Waals surface area contributed by atoms with Gasteiger partial charge < -0.3 is 5.11 Å². The molecule has 0 atom stereocenters. The lowest BCUT2D eigenvalue weighted by atomic mass is 10.0. The lowest BCUT2D eigenvalue weighted by Gasteiger charge is -2.21. The van der Waals surface area contributed by atoms with Crippen molar-refractivity contribution in [3.8, 4) is 0 Å². The number of carbonyl (C=O) groups excluding carboxylic acids is 1. The van der Waals surface area contributed by atoms with Crippen LogP contribution in [0.3, 0.4) is 0 Å². The first-order valence-corrected chi connectivity index (χ1v) is 6.04.